The second-order valence-corrected chi connectivity index (χ2v) is 5.71. The summed E-state index contributed by atoms with van der Waals surface area (Å²) in [6.45, 7) is 11.7. The Morgan fingerprint density at radius 2 is 1.95 bits per heavy atom. The van der Waals surface area contributed by atoms with E-state index in [1.54, 1.807) is 0 Å². The molecule has 0 saturated carbocycles. The number of fused-ring (bicyclic) bond motifs is 1. The molecule has 21 heavy (non-hydrogen) atoms. The zero-order chi connectivity index (χ0) is 15.2. The summed E-state index contributed by atoms with van der Waals surface area (Å²) in [6, 6.07) is 11.2. The normalized spacial score (nSPS) is 11.3. The van der Waals surface area contributed by atoms with Gasteiger partial charge in [0.15, 0.2) is 0 Å². The smallest absolute Gasteiger partial charge is 0.137 e. The van der Waals surface area contributed by atoms with Crippen LogP contribution < -0.4 is 10.2 Å². The first-order valence-corrected chi connectivity index (χ1v) is 8.03. The van der Waals surface area contributed by atoms with E-state index >= 15 is 0 Å². The fourth-order valence-electron chi connectivity index (χ4n) is 2.70. The third-order valence-corrected chi connectivity index (χ3v) is 3.74. The Kier molecular flexibility index (Phi) is 5.57. The number of anilines is 1. The van der Waals surface area contributed by atoms with Crippen LogP contribution in [0.5, 0.6) is 0 Å². The van der Waals surface area contributed by atoms with Gasteiger partial charge >= 0.3 is 0 Å². The van der Waals surface area contributed by atoms with Gasteiger partial charge in [-0.3, -0.25) is 0 Å². The second kappa shape index (κ2) is 7.41. The highest BCUT2D eigenvalue weighted by Crippen LogP contribution is 2.27. The minimum atomic E-state index is 0.449. The van der Waals surface area contributed by atoms with Gasteiger partial charge in [0, 0.05) is 24.5 Å². The van der Waals surface area contributed by atoms with Crippen molar-refractivity contribution >= 4 is 16.6 Å². The van der Waals surface area contributed by atoms with Gasteiger partial charge in [0.05, 0.1) is 5.69 Å². The first-order valence-electron chi connectivity index (χ1n) is 8.03. The molecule has 0 aliphatic rings. The molecule has 0 spiro atoms. The minimum Gasteiger partial charge on any atom is -0.354 e. The van der Waals surface area contributed by atoms with Gasteiger partial charge in [0.2, 0.25) is 0 Å². The molecule has 0 saturated heterocycles. The van der Waals surface area contributed by atoms with E-state index in [0.717, 1.165) is 37.6 Å². The molecule has 0 unspecified atom stereocenters. The third kappa shape index (κ3) is 3.73. The zero-order valence-electron chi connectivity index (χ0n) is 13.7. The highest BCUT2D eigenvalue weighted by Gasteiger charge is 2.14. The van der Waals surface area contributed by atoms with Crippen molar-refractivity contribution < 1.29 is 0 Å². The van der Waals surface area contributed by atoms with Crippen LogP contribution in [0.3, 0.4) is 0 Å². The summed E-state index contributed by atoms with van der Waals surface area (Å²) < 4.78 is 0. The van der Waals surface area contributed by atoms with Crippen LogP contribution in [0.4, 0.5) is 5.82 Å². The lowest BCUT2D eigenvalue weighted by Gasteiger charge is -2.28. The molecule has 0 aliphatic heterocycles. The summed E-state index contributed by atoms with van der Waals surface area (Å²) in [4.78, 5) is 7.30. The third-order valence-electron chi connectivity index (χ3n) is 3.74. The molecule has 0 amide bonds. The van der Waals surface area contributed by atoms with Crippen molar-refractivity contribution in [2.24, 2.45) is 0 Å². The van der Waals surface area contributed by atoms with E-state index in [-0.39, 0.29) is 0 Å². The van der Waals surface area contributed by atoms with Crippen molar-refractivity contribution in [1.29, 1.82) is 0 Å². The maximum Gasteiger partial charge on any atom is 0.137 e. The van der Waals surface area contributed by atoms with Crippen molar-refractivity contribution in [3.8, 4) is 0 Å². The number of hydrogen-bond donors (Lipinski definition) is 1. The van der Waals surface area contributed by atoms with Crippen molar-refractivity contribution in [2.75, 3.05) is 18.0 Å². The lowest BCUT2D eigenvalue weighted by Crippen LogP contribution is -2.31. The fraction of sp³-hybridized carbons (Fsp3) is 0.500. The monoisotopic (exact) mass is 285 g/mol. The SMILES string of the molecule is CCCNCc1cc2ccccc2c(N(CC)C(C)C)n1. The molecule has 114 valence electrons. The van der Waals surface area contributed by atoms with Gasteiger partial charge in [-0.1, -0.05) is 31.2 Å². The molecule has 0 atom stereocenters. The maximum absolute atomic E-state index is 4.93. The number of nitrogens with zero attached hydrogens (tertiary/aromatic N) is 2. The van der Waals surface area contributed by atoms with Crippen molar-refractivity contribution in [3.05, 3.63) is 36.0 Å². The van der Waals surface area contributed by atoms with E-state index in [1.807, 2.05) is 0 Å². The maximum atomic E-state index is 4.93. The molecule has 1 aromatic heterocycles. The molecule has 0 aliphatic carbocycles. The summed E-state index contributed by atoms with van der Waals surface area (Å²) in [5.74, 6) is 1.11. The van der Waals surface area contributed by atoms with Crippen molar-refractivity contribution in [2.45, 2.75) is 46.7 Å². The van der Waals surface area contributed by atoms with Gasteiger partial charge in [0.25, 0.3) is 0 Å². The van der Waals surface area contributed by atoms with E-state index in [1.165, 1.54) is 10.8 Å². The lowest BCUT2D eigenvalue weighted by molar-refractivity contribution is 0.657. The largest absolute Gasteiger partial charge is 0.354 e. The van der Waals surface area contributed by atoms with Crippen LogP contribution in [0.25, 0.3) is 10.8 Å². The molecule has 3 nitrogen and oxygen atoms in total. The number of nitrogens with one attached hydrogen (secondary N) is 1. The highest BCUT2D eigenvalue weighted by molar-refractivity contribution is 5.92. The fourth-order valence-corrected chi connectivity index (χ4v) is 2.70. The number of pyridine rings is 1. The zero-order valence-corrected chi connectivity index (χ0v) is 13.7. The minimum absolute atomic E-state index is 0.449. The van der Waals surface area contributed by atoms with Crippen LogP contribution in [0.1, 0.15) is 39.8 Å². The summed E-state index contributed by atoms with van der Waals surface area (Å²) in [7, 11) is 0. The number of rotatable bonds is 7. The molecule has 1 heterocycles. The van der Waals surface area contributed by atoms with Crippen LogP contribution in [-0.4, -0.2) is 24.1 Å². The highest BCUT2D eigenvalue weighted by atomic mass is 15.2. The Bertz CT molecular complexity index is 578. The molecule has 2 aromatic rings. The predicted molar refractivity (Wildman–Crippen MR) is 91.9 cm³/mol. The summed E-state index contributed by atoms with van der Waals surface area (Å²) in [5, 5.41) is 5.96. The Balaban J connectivity index is 2.44. The Morgan fingerprint density at radius 3 is 2.62 bits per heavy atom. The van der Waals surface area contributed by atoms with E-state index in [4.69, 9.17) is 4.98 Å². The topological polar surface area (TPSA) is 28.2 Å². The average molecular weight is 285 g/mol. The van der Waals surface area contributed by atoms with Crippen molar-refractivity contribution in [3.63, 3.8) is 0 Å². The van der Waals surface area contributed by atoms with E-state index in [2.05, 4.69) is 68.2 Å². The molecular weight excluding hydrogens is 258 g/mol. The van der Waals surface area contributed by atoms with Gasteiger partial charge < -0.3 is 10.2 Å². The van der Waals surface area contributed by atoms with E-state index in [0.29, 0.717) is 6.04 Å². The number of hydrogen-bond acceptors (Lipinski definition) is 3. The van der Waals surface area contributed by atoms with Gasteiger partial charge in [-0.15, -0.1) is 0 Å². The average Bonchev–Trinajstić information content (AvgIpc) is 2.48. The molecule has 1 aromatic carbocycles. The number of aromatic nitrogens is 1. The summed E-state index contributed by atoms with van der Waals surface area (Å²) >= 11 is 0. The Labute approximate surface area is 128 Å². The second-order valence-electron chi connectivity index (χ2n) is 5.71. The van der Waals surface area contributed by atoms with Gasteiger partial charge in [0.1, 0.15) is 5.82 Å². The van der Waals surface area contributed by atoms with Crippen molar-refractivity contribution in [1.82, 2.24) is 10.3 Å². The van der Waals surface area contributed by atoms with Crippen LogP contribution in [0, 0.1) is 0 Å². The molecule has 3 heteroatoms. The quantitative estimate of drug-likeness (QED) is 0.780. The van der Waals surface area contributed by atoms with Gasteiger partial charge in [-0.05, 0) is 45.2 Å². The molecule has 0 bridgehead atoms. The van der Waals surface area contributed by atoms with Crippen LogP contribution >= 0.6 is 0 Å². The van der Waals surface area contributed by atoms with Crippen LogP contribution in [0.2, 0.25) is 0 Å². The lowest BCUT2D eigenvalue weighted by atomic mass is 10.1. The van der Waals surface area contributed by atoms with Crippen LogP contribution in [0.15, 0.2) is 30.3 Å². The van der Waals surface area contributed by atoms with Gasteiger partial charge in [-0.2, -0.15) is 0 Å². The summed E-state index contributed by atoms with van der Waals surface area (Å²) in [5.41, 5.74) is 1.12. The molecular formula is C18H27N3. The molecule has 0 radical (unpaired) electrons. The Morgan fingerprint density at radius 1 is 1.19 bits per heavy atom. The first-order chi connectivity index (χ1) is 10.2. The Hall–Kier alpha value is -1.61. The van der Waals surface area contributed by atoms with E-state index in [9.17, 15) is 0 Å². The number of benzene rings is 1. The van der Waals surface area contributed by atoms with Crippen LogP contribution in [-0.2, 0) is 6.54 Å². The van der Waals surface area contributed by atoms with E-state index < -0.39 is 0 Å². The first kappa shape index (κ1) is 15.8. The summed E-state index contributed by atoms with van der Waals surface area (Å²) in [6.07, 6.45) is 1.15. The predicted octanol–water partition coefficient (Wildman–Crippen LogP) is 3.97. The molecule has 1 N–H and O–H groups in total. The standard InChI is InChI=1S/C18H27N3/c1-5-11-19-13-16-12-15-9-7-8-10-17(15)18(20-16)21(6-2)14(3)4/h7-10,12,14,19H,5-6,11,13H2,1-4H3. The molecule has 2 rings (SSSR count). The van der Waals surface area contributed by atoms with Gasteiger partial charge in [-0.25, -0.2) is 4.98 Å². The molecule has 0 fully saturated rings.